The Hall–Kier alpha value is -2.31. The van der Waals surface area contributed by atoms with Gasteiger partial charge in [-0.05, 0) is 43.5 Å². The average molecular weight is 374 g/mol. The Kier molecular flexibility index (Phi) is 4.01. The minimum Gasteiger partial charge on any atom is -0.463 e. The number of carbonyl (C=O) groups is 1. The number of nitrogens with one attached hydrogen (secondary N) is 1. The van der Waals surface area contributed by atoms with Gasteiger partial charge < -0.3 is 10.1 Å². The Balaban J connectivity index is 1.98. The molecule has 25 heavy (non-hydrogen) atoms. The summed E-state index contributed by atoms with van der Waals surface area (Å²) in [6.45, 7) is 4.01. The van der Waals surface area contributed by atoms with E-state index in [-0.39, 0.29) is 12.0 Å². The van der Waals surface area contributed by atoms with Gasteiger partial charge in [0.1, 0.15) is 6.04 Å². The van der Waals surface area contributed by atoms with Crippen molar-refractivity contribution >= 4 is 45.9 Å². The van der Waals surface area contributed by atoms with E-state index in [2.05, 4.69) is 10.3 Å². The Morgan fingerprint density at radius 2 is 2.28 bits per heavy atom. The van der Waals surface area contributed by atoms with Crippen molar-refractivity contribution < 1.29 is 9.53 Å². The lowest BCUT2D eigenvalue weighted by Gasteiger charge is -2.29. The highest BCUT2D eigenvalue weighted by Crippen LogP contribution is 2.41. The highest BCUT2D eigenvalue weighted by molar-refractivity contribution is 7.10. The minimum atomic E-state index is -0.319. The van der Waals surface area contributed by atoms with E-state index in [1.54, 1.807) is 11.3 Å². The second-order valence-electron chi connectivity index (χ2n) is 5.74. The number of allylic oxidation sites excluding steroid dienone is 1. The van der Waals surface area contributed by atoms with Gasteiger partial charge in [-0.2, -0.15) is 0 Å². The van der Waals surface area contributed by atoms with Crippen LogP contribution in [-0.4, -0.2) is 22.1 Å². The van der Waals surface area contributed by atoms with Crippen LogP contribution in [-0.2, 0) is 9.53 Å². The Labute approximate surface area is 153 Å². The number of aromatic nitrogens is 2. The molecule has 3 aromatic rings. The van der Waals surface area contributed by atoms with Crippen molar-refractivity contribution in [3.63, 3.8) is 0 Å². The van der Waals surface area contributed by atoms with Gasteiger partial charge in [-0.15, -0.1) is 11.3 Å². The number of thiophene rings is 1. The van der Waals surface area contributed by atoms with Crippen LogP contribution in [0.25, 0.3) is 11.0 Å². The number of fused-ring (bicyclic) bond motifs is 3. The molecule has 0 aliphatic carbocycles. The van der Waals surface area contributed by atoms with Gasteiger partial charge in [0.25, 0.3) is 0 Å². The van der Waals surface area contributed by atoms with E-state index in [0.29, 0.717) is 23.2 Å². The molecule has 1 aliphatic heterocycles. The van der Waals surface area contributed by atoms with Crippen molar-refractivity contribution in [1.29, 1.82) is 0 Å². The van der Waals surface area contributed by atoms with Crippen molar-refractivity contribution in [1.82, 2.24) is 9.55 Å². The Bertz CT molecular complexity index is 991. The third-order valence-corrected chi connectivity index (χ3v) is 5.35. The quantitative estimate of drug-likeness (QED) is 0.681. The molecule has 0 saturated heterocycles. The summed E-state index contributed by atoms with van der Waals surface area (Å²) in [5.74, 6) is 0.377. The zero-order chi connectivity index (χ0) is 17.6. The number of esters is 1. The molecule has 7 heteroatoms. The van der Waals surface area contributed by atoms with Gasteiger partial charge in [-0.25, -0.2) is 9.78 Å². The fraction of sp³-hybridized carbons (Fsp3) is 0.222. The molecule has 3 heterocycles. The van der Waals surface area contributed by atoms with E-state index in [0.717, 1.165) is 21.6 Å². The van der Waals surface area contributed by atoms with Crippen molar-refractivity contribution in [2.75, 3.05) is 11.9 Å². The number of hydrogen-bond acceptors (Lipinski definition) is 5. The number of hydrogen-bond donors (Lipinski definition) is 1. The van der Waals surface area contributed by atoms with Crippen molar-refractivity contribution in [3.8, 4) is 0 Å². The maximum absolute atomic E-state index is 12.7. The standard InChI is InChI=1S/C18H16ClN3O2S/c1-3-24-17(23)15-10(2)20-18-21-12-7-6-11(19)9-13(12)22(18)16(15)14-5-4-8-25-14/h4-9,16H,3H2,1-2H3,(H,20,21). The number of imidazole rings is 1. The summed E-state index contributed by atoms with van der Waals surface area (Å²) in [5, 5.41) is 5.87. The summed E-state index contributed by atoms with van der Waals surface area (Å²) in [7, 11) is 0. The summed E-state index contributed by atoms with van der Waals surface area (Å²) in [6.07, 6.45) is 0. The van der Waals surface area contributed by atoms with Gasteiger partial charge in [0.2, 0.25) is 5.95 Å². The van der Waals surface area contributed by atoms with Crippen molar-refractivity contribution in [2.45, 2.75) is 19.9 Å². The molecule has 1 unspecified atom stereocenters. The summed E-state index contributed by atoms with van der Waals surface area (Å²) < 4.78 is 7.34. The van der Waals surface area contributed by atoms with Crippen LogP contribution >= 0.6 is 22.9 Å². The van der Waals surface area contributed by atoms with Crippen LogP contribution in [0.2, 0.25) is 5.02 Å². The van der Waals surface area contributed by atoms with E-state index >= 15 is 0 Å². The van der Waals surface area contributed by atoms with Crippen LogP contribution in [0.5, 0.6) is 0 Å². The van der Waals surface area contributed by atoms with E-state index in [9.17, 15) is 4.79 Å². The number of rotatable bonds is 3. The first-order chi connectivity index (χ1) is 12.1. The van der Waals surface area contributed by atoms with Crippen molar-refractivity contribution in [3.05, 3.63) is 56.9 Å². The summed E-state index contributed by atoms with van der Waals surface area (Å²) in [5.41, 5.74) is 3.05. The van der Waals surface area contributed by atoms with Crippen LogP contribution < -0.4 is 5.32 Å². The molecule has 1 aliphatic rings. The summed E-state index contributed by atoms with van der Waals surface area (Å²) >= 11 is 7.80. The maximum Gasteiger partial charge on any atom is 0.338 e. The van der Waals surface area contributed by atoms with Gasteiger partial charge in [0.15, 0.2) is 0 Å². The highest BCUT2D eigenvalue weighted by atomic mass is 35.5. The van der Waals surface area contributed by atoms with Crippen LogP contribution in [0.1, 0.15) is 24.8 Å². The number of anilines is 1. The molecule has 0 bridgehead atoms. The molecule has 2 aromatic heterocycles. The molecule has 1 aromatic carbocycles. The molecule has 128 valence electrons. The predicted octanol–water partition coefficient (Wildman–Crippen LogP) is 4.60. The van der Waals surface area contributed by atoms with Crippen LogP contribution in [0.3, 0.4) is 0 Å². The Morgan fingerprint density at radius 3 is 3.00 bits per heavy atom. The summed E-state index contributed by atoms with van der Waals surface area (Å²) in [4.78, 5) is 18.4. The normalized spacial score (nSPS) is 16.7. The molecular formula is C18H16ClN3O2S. The molecule has 0 fully saturated rings. The first-order valence-electron chi connectivity index (χ1n) is 7.96. The van der Waals surface area contributed by atoms with E-state index in [1.807, 2.05) is 54.1 Å². The van der Waals surface area contributed by atoms with Crippen LogP contribution in [0.15, 0.2) is 47.0 Å². The zero-order valence-electron chi connectivity index (χ0n) is 13.7. The molecular weight excluding hydrogens is 358 g/mol. The SMILES string of the molecule is CCOC(=O)C1=C(C)Nc2nc3ccc(Cl)cc3n2C1c1cccs1. The molecule has 0 saturated carbocycles. The first-order valence-corrected chi connectivity index (χ1v) is 9.21. The first kappa shape index (κ1) is 16.2. The van der Waals surface area contributed by atoms with Gasteiger partial charge in [0, 0.05) is 15.6 Å². The molecule has 1 N–H and O–H groups in total. The van der Waals surface area contributed by atoms with Gasteiger partial charge in [0.05, 0.1) is 23.2 Å². The molecule has 5 nitrogen and oxygen atoms in total. The summed E-state index contributed by atoms with van der Waals surface area (Å²) in [6, 6.07) is 9.28. The Morgan fingerprint density at radius 1 is 1.44 bits per heavy atom. The average Bonchev–Trinajstić information content (AvgIpc) is 3.21. The predicted molar refractivity (Wildman–Crippen MR) is 100 cm³/mol. The largest absolute Gasteiger partial charge is 0.463 e. The third-order valence-electron chi connectivity index (χ3n) is 4.19. The van der Waals surface area contributed by atoms with E-state index < -0.39 is 0 Å². The molecule has 0 spiro atoms. The molecule has 1 atom stereocenters. The van der Waals surface area contributed by atoms with E-state index in [4.69, 9.17) is 16.3 Å². The molecule has 0 amide bonds. The highest BCUT2D eigenvalue weighted by Gasteiger charge is 2.35. The molecule has 0 radical (unpaired) electrons. The monoisotopic (exact) mass is 373 g/mol. The maximum atomic E-state index is 12.7. The smallest absolute Gasteiger partial charge is 0.338 e. The van der Waals surface area contributed by atoms with Gasteiger partial charge >= 0.3 is 5.97 Å². The van der Waals surface area contributed by atoms with Gasteiger partial charge in [-0.3, -0.25) is 4.57 Å². The lowest BCUT2D eigenvalue weighted by molar-refractivity contribution is -0.139. The number of benzene rings is 1. The minimum absolute atomic E-state index is 0.293. The van der Waals surface area contributed by atoms with Gasteiger partial charge in [-0.1, -0.05) is 17.7 Å². The number of halogens is 1. The second kappa shape index (κ2) is 6.20. The number of ether oxygens (including phenoxy) is 1. The topological polar surface area (TPSA) is 56.1 Å². The fourth-order valence-corrected chi connectivity index (χ4v) is 4.16. The number of carbonyl (C=O) groups excluding carboxylic acids is 1. The number of nitrogens with zero attached hydrogens (tertiary/aromatic N) is 2. The zero-order valence-corrected chi connectivity index (χ0v) is 15.3. The lowest BCUT2D eigenvalue weighted by atomic mass is 10.0. The van der Waals surface area contributed by atoms with Crippen LogP contribution in [0, 0.1) is 0 Å². The molecule has 4 rings (SSSR count). The van der Waals surface area contributed by atoms with Crippen molar-refractivity contribution in [2.24, 2.45) is 0 Å². The fourth-order valence-electron chi connectivity index (χ4n) is 3.17. The van der Waals surface area contributed by atoms with Crippen LogP contribution in [0.4, 0.5) is 5.95 Å². The lowest BCUT2D eigenvalue weighted by Crippen LogP contribution is -2.28. The van der Waals surface area contributed by atoms with E-state index in [1.165, 1.54) is 0 Å². The third kappa shape index (κ3) is 2.62. The second-order valence-corrected chi connectivity index (χ2v) is 7.16.